The smallest absolute Gasteiger partial charge is 0.245 e. The molecule has 0 aliphatic rings. The normalized spacial score (nSPS) is 12.2. The number of hydrogen-bond donors (Lipinski definition) is 2. The first kappa shape index (κ1) is 23.7. The Morgan fingerprint density at radius 1 is 1.09 bits per heavy atom. The van der Waals surface area contributed by atoms with Crippen LogP contribution in [-0.2, 0) is 21.2 Å². The summed E-state index contributed by atoms with van der Waals surface area (Å²) in [6.07, 6.45) is 0.0726. The molecule has 0 aliphatic carbocycles. The number of methoxy groups -OCH3 is 1. The second-order valence-corrected chi connectivity index (χ2v) is 9.23. The van der Waals surface area contributed by atoms with E-state index in [4.69, 9.17) is 16.3 Å². The van der Waals surface area contributed by atoms with Gasteiger partial charge in [-0.2, -0.15) is 4.72 Å². The number of sulfonamides is 1. The summed E-state index contributed by atoms with van der Waals surface area (Å²) in [5.74, 6) is -1.37. The Labute approximate surface area is 191 Å². The number of anilines is 1. The molecular weight excluding hydrogens is 455 g/mol. The number of carbonyl (C=O) groups is 1. The van der Waals surface area contributed by atoms with Gasteiger partial charge in [0.25, 0.3) is 0 Å². The van der Waals surface area contributed by atoms with E-state index in [1.54, 1.807) is 49.4 Å². The van der Waals surface area contributed by atoms with Gasteiger partial charge in [0.2, 0.25) is 15.9 Å². The van der Waals surface area contributed by atoms with Gasteiger partial charge in [-0.3, -0.25) is 4.79 Å². The highest BCUT2D eigenvalue weighted by Crippen LogP contribution is 2.25. The Bertz CT molecular complexity index is 1220. The van der Waals surface area contributed by atoms with Gasteiger partial charge < -0.3 is 10.1 Å². The van der Waals surface area contributed by atoms with Gasteiger partial charge >= 0.3 is 0 Å². The zero-order chi connectivity index (χ0) is 23.3. The molecule has 0 heterocycles. The highest BCUT2D eigenvalue weighted by molar-refractivity contribution is 7.89. The largest absolute Gasteiger partial charge is 0.495 e. The molecule has 0 saturated heterocycles. The van der Waals surface area contributed by atoms with E-state index in [-0.39, 0.29) is 12.2 Å². The molecule has 0 spiro atoms. The predicted molar refractivity (Wildman–Crippen MR) is 122 cm³/mol. The van der Waals surface area contributed by atoms with Crippen molar-refractivity contribution < 1.29 is 22.3 Å². The van der Waals surface area contributed by atoms with Crippen molar-refractivity contribution in [2.24, 2.45) is 0 Å². The quantitative estimate of drug-likeness (QED) is 0.507. The van der Waals surface area contributed by atoms with E-state index in [9.17, 15) is 17.6 Å². The molecule has 3 aromatic rings. The van der Waals surface area contributed by atoms with Gasteiger partial charge in [0, 0.05) is 10.7 Å². The van der Waals surface area contributed by atoms with Gasteiger partial charge in [0.15, 0.2) is 0 Å². The number of carbonyl (C=O) groups excluding carboxylic acids is 1. The third-order valence-electron chi connectivity index (χ3n) is 4.77. The summed E-state index contributed by atoms with van der Waals surface area (Å²) in [6.45, 7) is 1.79. The van der Waals surface area contributed by atoms with Crippen molar-refractivity contribution in [3.8, 4) is 5.75 Å². The van der Waals surface area contributed by atoms with Crippen LogP contribution in [0, 0.1) is 12.7 Å². The monoisotopic (exact) mass is 476 g/mol. The van der Waals surface area contributed by atoms with Crippen LogP contribution in [0.15, 0.2) is 71.6 Å². The predicted octanol–water partition coefficient (Wildman–Crippen LogP) is 4.32. The first-order chi connectivity index (χ1) is 15.2. The number of ether oxygens (including phenoxy) is 1. The van der Waals surface area contributed by atoms with E-state index in [1.807, 2.05) is 6.07 Å². The zero-order valence-electron chi connectivity index (χ0n) is 17.4. The van der Waals surface area contributed by atoms with Crippen LogP contribution < -0.4 is 14.8 Å². The average molecular weight is 477 g/mol. The fraction of sp³-hybridized carbons (Fsp3) is 0.174. The van der Waals surface area contributed by atoms with Crippen molar-refractivity contribution in [2.45, 2.75) is 24.3 Å². The molecule has 0 aliphatic heterocycles. The minimum absolute atomic E-state index is 0.0385. The van der Waals surface area contributed by atoms with E-state index in [0.717, 1.165) is 23.3 Å². The Morgan fingerprint density at radius 2 is 1.81 bits per heavy atom. The lowest BCUT2D eigenvalue weighted by molar-refractivity contribution is -0.117. The first-order valence-electron chi connectivity index (χ1n) is 9.66. The Hall–Kier alpha value is -2.94. The summed E-state index contributed by atoms with van der Waals surface area (Å²) >= 11 is 6.03. The highest BCUT2D eigenvalue weighted by atomic mass is 35.5. The number of aryl methyl sites for hydroxylation is 1. The summed E-state index contributed by atoms with van der Waals surface area (Å²) in [5.41, 5.74) is 1.96. The van der Waals surface area contributed by atoms with Crippen LogP contribution >= 0.6 is 11.6 Å². The van der Waals surface area contributed by atoms with Gasteiger partial charge in [0.05, 0.1) is 7.11 Å². The van der Waals surface area contributed by atoms with Crippen LogP contribution in [0.5, 0.6) is 5.75 Å². The number of halogens is 2. The van der Waals surface area contributed by atoms with Crippen LogP contribution in [0.25, 0.3) is 0 Å². The number of hydrogen-bond acceptors (Lipinski definition) is 4. The van der Waals surface area contributed by atoms with Crippen molar-refractivity contribution in [2.75, 3.05) is 12.4 Å². The average Bonchev–Trinajstić information content (AvgIpc) is 2.76. The lowest BCUT2D eigenvalue weighted by Crippen LogP contribution is -2.45. The maximum Gasteiger partial charge on any atom is 0.245 e. The fourth-order valence-corrected chi connectivity index (χ4v) is 4.65. The van der Waals surface area contributed by atoms with Crippen molar-refractivity contribution in [1.29, 1.82) is 0 Å². The molecule has 3 aromatic carbocycles. The number of nitrogens with one attached hydrogen (secondary N) is 2. The topological polar surface area (TPSA) is 84.5 Å². The van der Waals surface area contributed by atoms with E-state index in [2.05, 4.69) is 10.0 Å². The van der Waals surface area contributed by atoms with Gasteiger partial charge in [-0.25, -0.2) is 12.8 Å². The SMILES string of the molecule is COc1ccc(F)cc1S(=O)(=O)NC(Cc1ccccc1)C(=O)Nc1cc(Cl)ccc1C. The van der Waals surface area contributed by atoms with Gasteiger partial charge in [-0.1, -0.05) is 48.0 Å². The van der Waals surface area contributed by atoms with Crippen molar-refractivity contribution in [3.05, 3.63) is 88.7 Å². The van der Waals surface area contributed by atoms with Crippen LogP contribution in [0.4, 0.5) is 10.1 Å². The van der Waals surface area contributed by atoms with Crippen LogP contribution in [0.3, 0.4) is 0 Å². The second kappa shape index (κ2) is 10.1. The zero-order valence-corrected chi connectivity index (χ0v) is 19.0. The minimum Gasteiger partial charge on any atom is -0.495 e. The molecule has 168 valence electrons. The van der Waals surface area contributed by atoms with E-state index < -0.39 is 32.7 Å². The molecule has 0 bridgehead atoms. The van der Waals surface area contributed by atoms with Crippen molar-refractivity contribution in [1.82, 2.24) is 4.72 Å². The lowest BCUT2D eigenvalue weighted by Gasteiger charge is -2.20. The molecular formula is C23H22ClFN2O4S. The summed E-state index contributed by atoms with van der Waals surface area (Å²) in [5, 5.41) is 3.16. The molecule has 3 rings (SSSR count). The van der Waals surface area contributed by atoms with E-state index in [0.29, 0.717) is 10.7 Å². The van der Waals surface area contributed by atoms with Gasteiger partial charge in [0.1, 0.15) is 22.5 Å². The maximum atomic E-state index is 13.8. The molecule has 1 amide bonds. The molecule has 6 nitrogen and oxygen atoms in total. The lowest BCUT2D eigenvalue weighted by atomic mass is 10.1. The molecule has 0 radical (unpaired) electrons. The van der Waals surface area contributed by atoms with Crippen molar-refractivity contribution >= 4 is 33.2 Å². The molecule has 0 fully saturated rings. The third kappa shape index (κ3) is 5.85. The number of amides is 1. The van der Waals surface area contributed by atoms with Gasteiger partial charge in [-0.15, -0.1) is 0 Å². The van der Waals surface area contributed by atoms with Crippen LogP contribution in [0.1, 0.15) is 11.1 Å². The third-order valence-corrected chi connectivity index (χ3v) is 6.50. The summed E-state index contributed by atoms with van der Waals surface area (Å²) in [4.78, 5) is 12.7. The molecule has 9 heteroatoms. The molecule has 0 aromatic heterocycles. The van der Waals surface area contributed by atoms with E-state index >= 15 is 0 Å². The Morgan fingerprint density at radius 3 is 2.50 bits per heavy atom. The maximum absolute atomic E-state index is 13.8. The molecule has 2 N–H and O–H groups in total. The second-order valence-electron chi connectivity index (χ2n) is 7.11. The standard InChI is InChI=1S/C23H22ClFN2O4S/c1-15-8-9-17(24)13-19(15)26-23(28)20(12-16-6-4-3-5-7-16)27-32(29,30)22-14-18(25)10-11-21(22)31-2/h3-11,13-14,20,27H,12H2,1-2H3,(H,26,28). The van der Waals surface area contributed by atoms with E-state index in [1.165, 1.54) is 13.2 Å². The molecule has 1 atom stereocenters. The molecule has 0 saturated carbocycles. The fourth-order valence-electron chi connectivity index (χ4n) is 3.10. The Kier molecular flexibility index (Phi) is 7.50. The van der Waals surface area contributed by atoms with Crippen LogP contribution in [-0.4, -0.2) is 27.5 Å². The number of rotatable bonds is 8. The van der Waals surface area contributed by atoms with Crippen molar-refractivity contribution in [3.63, 3.8) is 0 Å². The minimum atomic E-state index is -4.30. The Balaban J connectivity index is 1.95. The summed E-state index contributed by atoms with van der Waals surface area (Å²) in [6, 6.07) is 15.9. The summed E-state index contributed by atoms with van der Waals surface area (Å²) in [7, 11) is -3.02. The first-order valence-corrected chi connectivity index (χ1v) is 11.5. The van der Waals surface area contributed by atoms with Crippen LogP contribution in [0.2, 0.25) is 5.02 Å². The molecule has 1 unspecified atom stereocenters. The number of benzene rings is 3. The molecule has 32 heavy (non-hydrogen) atoms. The highest BCUT2D eigenvalue weighted by Gasteiger charge is 2.29. The van der Waals surface area contributed by atoms with Gasteiger partial charge in [-0.05, 0) is 54.8 Å². The summed E-state index contributed by atoms with van der Waals surface area (Å²) < 4.78 is 47.4.